The molecule has 16 heavy (non-hydrogen) atoms. The first-order valence-electron chi connectivity index (χ1n) is 4.27. The Morgan fingerprint density at radius 2 is 2.44 bits per heavy atom. The lowest BCUT2D eigenvalue weighted by Gasteiger charge is -2.07. The molecule has 1 unspecified atom stereocenters. The smallest absolute Gasteiger partial charge is 0.130 e. The second-order valence-electron chi connectivity index (χ2n) is 2.74. The average Bonchev–Trinajstić information content (AvgIpc) is 2.59. The van der Waals surface area contributed by atoms with Crippen molar-refractivity contribution in [1.29, 1.82) is 5.26 Å². The number of hydrogen-bond donors (Lipinski definition) is 1. The van der Waals surface area contributed by atoms with Crippen molar-refractivity contribution in [2.24, 2.45) is 5.11 Å². The van der Waals surface area contributed by atoms with E-state index in [1.165, 1.54) is 11.3 Å². The predicted molar refractivity (Wildman–Crippen MR) is 70.1 cm³/mol. The van der Waals surface area contributed by atoms with E-state index in [1.54, 1.807) is 0 Å². The minimum absolute atomic E-state index is 0.336. The minimum Gasteiger partial charge on any atom is -0.297 e. The Bertz CT molecular complexity index is 426. The average molecular weight is 365 g/mol. The van der Waals surface area contributed by atoms with Gasteiger partial charge >= 0.3 is 0 Å². The summed E-state index contributed by atoms with van der Waals surface area (Å²) in [6.07, 6.45) is 0. The van der Waals surface area contributed by atoms with E-state index in [0.29, 0.717) is 13.1 Å². The van der Waals surface area contributed by atoms with Gasteiger partial charge in [0.15, 0.2) is 0 Å². The molecule has 1 N–H and O–H groups in total. The number of nitrogens with one attached hydrogen (secondary N) is 1. The van der Waals surface area contributed by atoms with Gasteiger partial charge in [-0.2, -0.15) is 5.26 Å². The van der Waals surface area contributed by atoms with Crippen molar-refractivity contribution >= 4 is 43.2 Å². The molecule has 0 aliphatic carbocycles. The van der Waals surface area contributed by atoms with Gasteiger partial charge in [0, 0.05) is 27.4 Å². The molecule has 0 aromatic carbocycles. The summed E-state index contributed by atoms with van der Waals surface area (Å²) < 4.78 is 1.89. The number of nitriles is 1. The topological polar surface area (TPSA) is 84.6 Å². The van der Waals surface area contributed by atoms with Crippen molar-refractivity contribution in [3.05, 3.63) is 29.6 Å². The number of halogens is 2. The Morgan fingerprint density at radius 1 is 1.69 bits per heavy atom. The molecule has 0 radical (unpaired) electrons. The van der Waals surface area contributed by atoms with E-state index in [4.69, 9.17) is 10.8 Å². The first-order valence-corrected chi connectivity index (χ1v) is 6.68. The molecule has 0 saturated heterocycles. The highest BCUT2D eigenvalue weighted by atomic mass is 79.9. The molecule has 0 aliphatic rings. The molecule has 84 valence electrons. The summed E-state index contributed by atoms with van der Waals surface area (Å²) in [4.78, 5) is 3.56. The highest BCUT2D eigenvalue weighted by molar-refractivity contribution is 9.13. The Hall–Kier alpha value is -0.580. The Kier molecular flexibility index (Phi) is 5.80. The molecule has 5 nitrogen and oxygen atoms in total. The van der Waals surface area contributed by atoms with Gasteiger partial charge in [-0.3, -0.25) is 5.32 Å². The lowest BCUT2D eigenvalue weighted by molar-refractivity contribution is 0.643. The van der Waals surface area contributed by atoms with Crippen molar-refractivity contribution in [1.82, 2.24) is 5.32 Å². The van der Waals surface area contributed by atoms with Crippen LogP contribution in [0.15, 0.2) is 19.4 Å². The molecule has 8 heteroatoms. The zero-order chi connectivity index (χ0) is 12.0. The van der Waals surface area contributed by atoms with Gasteiger partial charge in [0.05, 0.1) is 9.86 Å². The molecule has 0 bridgehead atoms. The van der Waals surface area contributed by atoms with Gasteiger partial charge in [-0.25, -0.2) is 0 Å². The Labute approximate surface area is 113 Å². The molecule has 0 fully saturated rings. The van der Waals surface area contributed by atoms with Crippen molar-refractivity contribution < 1.29 is 0 Å². The third-order valence-corrected chi connectivity index (χ3v) is 5.02. The summed E-state index contributed by atoms with van der Waals surface area (Å²) in [6.45, 7) is 0.817. The van der Waals surface area contributed by atoms with E-state index in [1.807, 2.05) is 6.07 Å². The van der Waals surface area contributed by atoms with Crippen LogP contribution in [0.25, 0.3) is 10.4 Å². The van der Waals surface area contributed by atoms with E-state index in [9.17, 15) is 0 Å². The number of rotatable bonds is 5. The van der Waals surface area contributed by atoms with Gasteiger partial charge in [0.25, 0.3) is 0 Å². The number of azide groups is 1. The third kappa shape index (κ3) is 3.77. The first kappa shape index (κ1) is 13.5. The Morgan fingerprint density at radius 3 is 2.94 bits per heavy atom. The van der Waals surface area contributed by atoms with Crippen LogP contribution in [-0.2, 0) is 0 Å². The monoisotopic (exact) mass is 363 g/mol. The SMILES string of the molecule is N#CC(NCCN=[N+]=[N-])c1cc(Br)c(Br)s1. The van der Waals surface area contributed by atoms with Crippen molar-refractivity contribution in [3.63, 3.8) is 0 Å². The van der Waals surface area contributed by atoms with Crippen LogP contribution in [0.1, 0.15) is 10.9 Å². The molecule has 1 atom stereocenters. The molecule has 1 heterocycles. The second-order valence-corrected chi connectivity index (χ2v) is 6.00. The fraction of sp³-hybridized carbons (Fsp3) is 0.375. The molecule has 0 amide bonds. The van der Waals surface area contributed by atoms with Crippen LogP contribution in [0, 0.1) is 11.3 Å². The summed E-state index contributed by atoms with van der Waals surface area (Å²) in [6, 6.07) is 3.68. The van der Waals surface area contributed by atoms with Crippen LogP contribution in [0.4, 0.5) is 0 Å². The highest BCUT2D eigenvalue weighted by Gasteiger charge is 2.14. The first-order chi connectivity index (χ1) is 7.69. The lowest BCUT2D eigenvalue weighted by atomic mass is 10.2. The zero-order valence-electron chi connectivity index (χ0n) is 8.02. The van der Waals surface area contributed by atoms with Gasteiger partial charge in [-0.15, -0.1) is 11.3 Å². The van der Waals surface area contributed by atoms with Gasteiger partial charge < -0.3 is 0 Å². The van der Waals surface area contributed by atoms with E-state index < -0.39 is 0 Å². The van der Waals surface area contributed by atoms with E-state index in [2.05, 4.69) is 53.3 Å². The predicted octanol–water partition coefficient (Wildman–Crippen LogP) is 3.74. The van der Waals surface area contributed by atoms with Gasteiger partial charge in [0.1, 0.15) is 6.04 Å². The maximum atomic E-state index is 9.00. The summed E-state index contributed by atoms with van der Waals surface area (Å²) in [5.41, 5.74) is 8.10. The number of thiophene rings is 1. The zero-order valence-corrected chi connectivity index (χ0v) is 12.0. The fourth-order valence-electron chi connectivity index (χ4n) is 1.02. The second kappa shape index (κ2) is 6.89. The Balaban J connectivity index is 2.61. The number of nitrogens with zero attached hydrogens (tertiary/aromatic N) is 4. The third-order valence-electron chi connectivity index (χ3n) is 1.70. The van der Waals surface area contributed by atoms with Crippen molar-refractivity contribution in [2.45, 2.75) is 6.04 Å². The lowest BCUT2D eigenvalue weighted by Crippen LogP contribution is -2.21. The standard InChI is InChI=1S/C8H7Br2N5S/c9-5-3-7(16-8(5)10)6(4-11)13-1-2-14-15-12/h3,6,13H,1-2H2. The molecule has 1 aromatic heterocycles. The van der Waals surface area contributed by atoms with Crippen LogP contribution in [0.3, 0.4) is 0 Å². The van der Waals surface area contributed by atoms with Crippen molar-refractivity contribution in [3.8, 4) is 6.07 Å². The molecular weight excluding hydrogens is 358 g/mol. The number of hydrogen-bond acceptors (Lipinski definition) is 4. The quantitative estimate of drug-likeness (QED) is 0.373. The summed E-state index contributed by atoms with van der Waals surface area (Å²) in [5, 5.41) is 15.4. The maximum absolute atomic E-state index is 9.00. The molecule has 1 rings (SSSR count). The summed E-state index contributed by atoms with van der Waals surface area (Å²) in [5.74, 6) is 0. The van der Waals surface area contributed by atoms with Crippen LogP contribution >= 0.6 is 43.2 Å². The normalized spacial score (nSPS) is 11.6. The molecule has 0 aliphatic heterocycles. The highest BCUT2D eigenvalue weighted by Crippen LogP contribution is 2.35. The molecular formula is C8H7Br2N5S. The van der Waals surface area contributed by atoms with E-state index in [0.717, 1.165) is 13.1 Å². The van der Waals surface area contributed by atoms with E-state index >= 15 is 0 Å². The van der Waals surface area contributed by atoms with Crippen LogP contribution < -0.4 is 5.32 Å². The van der Waals surface area contributed by atoms with Gasteiger partial charge in [-0.1, -0.05) is 5.11 Å². The van der Waals surface area contributed by atoms with Gasteiger partial charge in [-0.05, 0) is 43.5 Å². The van der Waals surface area contributed by atoms with Crippen LogP contribution in [-0.4, -0.2) is 13.1 Å². The molecule has 1 aromatic rings. The van der Waals surface area contributed by atoms with Crippen molar-refractivity contribution in [2.75, 3.05) is 13.1 Å². The largest absolute Gasteiger partial charge is 0.297 e. The van der Waals surface area contributed by atoms with E-state index in [-0.39, 0.29) is 6.04 Å². The molecule has 0 saturated carbocycles. The minimum atomic E-state index is -0.374. The van der Waals surface area contributed by atoms with Crippen LogP contribution in [0.2, 0.25) is 0 Å². The van der Waals surface area contributed by atoms with Crippen LogP contribution in [0.5, 0.6) is 0 Å². The molecule has 0 spiro atoms. The van der Waals surface area contributed by atoms with Gasteiger partial charge in [0.2, 0.25) is 0 Å². The maximum Gasteiger partial charge on any atom is 0.130 e. The summed E-state index contributed by atoms with van der Waals surface area (Å²) in [7, 11) is 0. The summed E-state index contributed by atoms with van der Waals surface area (Å²) >= 11 is 8.23. The fourth-order valence-corrected chi connectivity index (χ4v) is 3.13.